The Labute approximate surface area is 170 Å². The van der Waals surface area contributed by atoms with Crippen LogP contribution in [0.2, 0.25) is 0 Å². The summed E-state index contributed by atoms with van der Waals surface area (Å²) in [6, 6.07) is 2.70. The Kier molecular flexibility index (Phi) is 5.25. The van der Waals surface area contributed by atoms with Crippen LogP contribution in [0.15, 0.2) is 29.0 Å². The Balaban J connectivity index is 1.58. The normalized spacial score (nSPS) is 18.7. The van der Waals surface area contributed by atoms with Crippen LogP contribution in [0.25, 0.3) is 11.1 Å². The van der Waals surface area contributed by atoms with Gasteiger partial charge in [-0.25, -0.2) is 4.98 Å². The SMILES string of the molecule is Cc1cc(C(F)(F)F)c2c(C3CCCN(C(=O)CC(C)n4cccn4)C3)noc2n1. The summed E-state index contributed by atoms with van der Waals surface area (Å²) in [6.07, 6.45) is 0.485. The lowest BCUT2D eigenvalue weighted by molar-refractivity contribution is -0.136. The van der Waals surface area contributed by atoms with E-state index in [1.54, 1.807) is 28.0 Å². The number of carbonyl (C=O) groups excluding carboxylic acids is 1. The molecular formula is C20H22F3N5O2. The molecule has 0 bridgehead atoms. The highest BCUT2D eigenvalue weighted by Crippen LogP contribution is 2.40. The Morgan fingerprint density at radius 1 is 1.40 bits per heavy atom. The highest BCUT2D eigenvalue weighted by atomic mass is 19.4. The van der Waals surface area contributed by atoms with Gasteiger partial charge < -0.3 is 9.42 Å². The topological polar surface area (TPSA) is 77.0 Å². The van der Waals surface area contributed by atoms with Gasteiger partial charge in [0.2, 0.25) is 5.91 Å². The molecule has 1 aliphatic rings. The number of amides is 1. The van der Waals surface area contributed by atoms with E-state index in [0.29, 0.717) is 25.9 Å². The van der Waals surface area contributed by atoms with E-state index in [9.17, 15) is 18.0 Å². The van der Waals surface area contributed by atoms with E-state index >= 15 is 0 Å². The number of aromatic nitrogens is 4. The fourth-order valence-electron chi connectivity index (χ4n) is 4.04. The van der Waals surface area contributed by atoms with Crippen LogP contribution in [0.3, 0.4) is 0 Å². The van der Waals surface area contributed by atoms with Gasteiger partial charge in [0.15, 0.2) is 0 Å². The van der Waals surface area contributed by atoms with Crippen molar-refractivity contribution in [3.63, 3.8) is 0 Å². The summed E-state index contributed by atoms with van der Waals surface area (Å²) >= 11 is 0. The van der Waals surface area contributed by atoms with E-state index in [-0.39, 0.29) is 46.8 Å². The number of aryl methyl sites for hydroxylation is 1. The summed E-state index contributed by atoms with van der Waals surface area (Å²) in [5, 5.41) is 7.99. The molecule has 0 saturated carbocycles. The van der Waals surface area contributed by atoms with Crippen LogP contribution < -0.4 is 0 Å². The number of nitrogens with zero attached hydrogens (tertiary/aromatic N) is 5. The van der Waals surface area contributed by atoms with Crippen molar-refractivity contribution in [3.8, 4) is 0 Å². The van der Waals surface area contributed by atoms with Crippen LogP contribution in [-0.4, -0.2) is 43.8 Å². The largest absolute Gasteiger partial charge is 0.417 e. The van der Waals surface area contributed by atoms with E-state index in [1.165, 1.54) is 6.92 Å². The van der Waals surface area contributed by atoms with Gasteiger partial charge in [-0.05, 0) is 38.8 Å². The van der Waals surface area contributed by atoms with Crippen LogP contribution in [0.5, 0.6) is 0 Å². The second-order valence-electron chi connectivity index (χ2n) is 7.78. The lowest BCUT2D eigenvalue weighted by atomic mass is 9.91. The van der Waals surface area contributed by atoms with Gasteiger partial charge in [0.25, 0.3) is 5.71 Å². The number of carbonyl (C=O) groups is 1. The second kappa shape index (κ2) is 7.73. The minimum absolute atomic E-state index is 0.0551. The maximum Gasteiger partial charge on any atom is 0.417 e. The zero-order valence-electron chi connectivity index (χ0n) is 16.7. The van der Waals surface area contributed by atoms with Crippen molar-refractivity contribution in [3.05, 3.63) is 41.5 Å². The van der Waals surface area contributed by atoms with Gasteiger partial charge in [0.05, 0.1) is 22.7 Å². The monoisotopic (exact) mass is 421 g/mol. The maximum atomic E-state index is 13.6. The highest BCUT2D eigenvalue weighted by Gasteiger charge is 2.38. The summed E-state index contributed by atoms with van der Waals surface area (Å²) in [7, 11) is 0. The first kappa shape index (κ1) is 20.4. The molecular weight excluding hydrogens is 399 g/mol. The van der Waals surface area contributed by atoms with Crippen molar-refractivity contribution in [2.75, 3.05) is 13.1 Å². The fraction of sp³-hybridized carbons (Fsp3) is 0.500. The molecule has 3 aromatic rings. The third-order valence-corrected chi connectivity index (χ3v) is 5.51. The third-order valence-electron chi connectivity index (χ3n) is 5.51. The number of likely N-dealkylation sites (tertiary alicyclic amines) is 1. The molecule has 0 aliphatic carbocycles. The zero-order chi connectivity index (χ0) is 21.5. The number of hydrogen-bond donors (Lipinski definition) is 0. The summed E-state index contributed by atoms with van der Waals surface area (Å²) < 4.78 is 47.8. The molecule has 0 N–H and O–H groups in total. The number of pyridine rings is 1. The Hall–Kier alpha value is -2.91. The van der Waals surface area contributed by atoms with Crippen LogP contribution in [-0.2, 0) is 11.0 Å². The number of halogens is 3. The van der Waals surface area contributed by atoms with Gasteiger partial charge in [0, 0.05) is 43.5 Å². The minimum Gasteiger partial charge on any atom is -0.342 e. The van der Waals surface area contributed by atoms with Crippen LogP contribution in [0.1, 0.15) is 55.1 Å². The predicted molar refractivity (Wildman–Crippen MR) is 102 cm³/mol. The first-order chi connectivity index (χ1) is 14.2. The summed E-state index contributed by atoms with van der Waals surface area (Å²) in [5.41, 5.74) is -0.474. The second-order valence-corrected chi connectivity index (χ2v) is 7.78. The molecule has 1 aliphatic heterocycles. The molecule has 1 amide bonds. The van der Waals surface area contributed by atoms with Crippen molar-refractivity contribution >= 4 is 17.0 Å². The minimum atomic E-state index is -4.55. The molecule has 10 heteroatoms. The summed E-state index contributed by atoms with van der Waals surface area (Å²) in [5.74, 6) is -0.393. The molecule has 0 aromatic carbocycles. The van der Waals surface area contributed by atoms with Crippen molar-refractivity contribution < 1.29 is 22.5 Å². The van der Waals surface area contributed by atoms with Crippen LogP contribution in [0, 0.1) is 6.92 Å². The molecule has 0 radical (unpaired) electrons. The number of hydrogen-bond acceptors (Lipinski definition) is 5. The van der Waals surface area contributed by atoms with Crippen LogP contribution in [0.4, 0.5) is 13.2 Å². The molecule has 1 saturated heterocycles. The number of alkyl halides is 3. The van der Waals surface area contributed by atoms with Crippen molar-refractivity contribution in [1.29, 1.82) is 0 Å². The lowest BCUT2D eigenvalue weighted by Gasteiger charge is -2.32. The molecule has 3 aromatic heterocycles. The van der Waals surface area contributed by atoms with Gasteiger partial charge in [0.1, 0.15) is 0 Å². The molecule has 30 heavy (non-hydrogen) atoms. The van der Waals surface area contributed by atoms with Gasteiger partial charge in [-0.3, -0.25) is 9.48 Å². The molecule has 4 rings (SSSR count). The molecule has 160 valence electrons. The third kappa shape index (κ3) is 3.90. The highest BCUT2D eigenvalue weighted by molar-refractivity contribution is 5.82. The van der Waals surface area contributed by atoms with Crippen molar-refractivity contribution in [2.45, 2.75) is 51.2 Å². The standard InChI is InChI=1S/C20H22F3N5O2/c1-12-9-15(20(21,22)23)17-18(26-30-19(17)25-12)14-5-3-7-27(11-14)16(29)10-13(2)28-8-4-6-24-28/h4,6,8-9,13-14H,3,5,7,10-11H2,1-2H3. The Bertz CT molecular complexity index is 1040. The van der Waals surface area contributed by atoms with E-state index in [4.69, 9.17) is 4.52 Å². The average Bonchev–Trinajstić information content (AvgIpc) is 3.36. The first-order valence-electron chi connectivity index (χ1n) is 9.85. The summed E-state index contributed by atoms with van der Waals surface area (Å²) in [6.45, 7) is 4.26. The predicted octanol–water partition coefficient (Wildman–Crippen LogP) is 4.10. The number of piperidine rings is 1. The fourth-order valence-corrected chi connectivity index (χ4v) is 4.04. The van der Waals surface area contributed by atoms with E-state index in [0.717, 1.165) is 6.07 Å². The smallest absolute Gasteiger partial charge is 0.342 e. The van der Waals surface area contributed by atoms with Gasteiger partial charge in [-0.2, -0.15) is 18.3 Å². The van der Waals surface area contributed by atoms with E-state index in [1.807, 2.05) is 6.92 Å². The van der Waals surface area contributed by atoms with Gasteiger partial charge in [-0.1, -0.05) is 5.16 Å². The molecule has 1 fully saturated rings. The Morgan fingerprint density at radius 3 is 2.90 bits per heavy atom. The van der Waals surface area contributed by atoms with Crippen molar-refractivity contribution in [1.82, 2.24) is 24.8 Å². The van der Waals surface area contributed by atoms with Crippen molar-refractivity contribution in [2.24, 2.45) is 0 Å². The number of rotatable bonds is 4. The maximum absolute atomic E-state index is 13.6. The molecule has 0 spiro atoms. The molecule has 2 atom stereocenters. The van der Waals surface area contributed by atoms with Gasteiger partial charge >= 0.3 is 6.18 Å². The zero-order valence-corrected chi connectivity index (χ0v) is 16.7. The number of fused-ring (bicyclic) bond motifs is 1. The average molecular weight is 421 g/mol. The summed E-state index contributed by atoms with van der Waals surface area (Å²) in [4.78, 5) is 18.6. The van der Waals surface area contributed by atoms with Crippen LogP contribution >= 0.6 is 0 Å². The van der Waals surface area contributed by atoms with Gasteiger partial charge in [-0.15, -0.1) is 0 Å². The molecule has 2 unspecified atom stereocenters. The lowest BCUT2D eigenvalue weighted by Crippen LogP contribution is -2.40. The Morgan fingerprint density at radius 2 is 2.20 bits per heavy atom. The quantitative estimate of drug-likeness (QED) is 0.634. The first-order valence-corrected chi connectivity index (χ1v) is 9.85. The molecule has 7 nitrogen and oxygen atoms in total. The molecule has 4 heterocycles. The van der Waals surface area contributed by atoms with E-state index < -0.39 is 11.7 Å². The van der Waals surface area contributed by atoms with E-state index in [2.05, 4.69) is 15.2 Å².